The van der Waals surface area contributed by atoms with E-state index in [0.29, 0.717) is 5.41 Å². The summed E-state index contributed by atoms with van der Waals surface area (Å²) in [5.74, 6) is 2.86. The van der Waals surface area contributed by atoms with Gasteiger partial charge in [0.2, 0.25) is 5.52 Å². The minimum absolute atomic E-state index is 0.388. The highest BCUT2D eigenvalue weighted by atomic mass is 15.0. The van der Waals surface area contributed by atoms with Crippen molar-refractivity contribution in [2.75, 3.05) is 0 Å². The summed E-state index contributed by atoms with van der Waals surface area (Å²) in [6, 6.07) is 17.0. The summed E-state index contributed by atoms with van der Waals surface area (Å²) < 4.78 is 5.03. The first-order chi connectivity index (χ1) is 17.9. The predicted octanol–water partition coefficient (Wildman–Crippen LogP) is 8.21. The highest BCUT2D eigenvalue weighted by Gasteiger charge is 2.51. The maximum Gasteiger partial charge on any atom is 0.224 e. The van der Waals surface area contributed by atoms with E-state index in [-0.39, 0.29) is 0 Å². The number of rotatable bonds is 1. The minimum atomic E-state index is 0.388. The Bertz CT molecular complexity index is 1920. The van der Waals surface area contributed by atoms with Crippen molar-refractivity contribution in [2.45, 2.75) is 64.7 Å². The Balaban J connectivity index is 1.52. The van der Waals surface area contributed by atoms with E-state index < -0.39 is 0 Å². The molecule has 0 aliphatic heterocycles. The van der Waals surface area contributed by atoms with Gasteiger partial charge in [-0.05, 0) is 134 Å². The zero-order valence-electron chi connectivity index (χ0n) is 22.5. The third-order valence-electron chi connectivity index (χ3n) is 11.1. The maximum absolute atomic E-state index is 2.65. The van der Waals surface area contributed by atoms with Gasteiger partial charge in [0.1, 0.15) is 7.05 Å². The largest absolute Gasteiger partial charge is 0.307 e. The third-order valence-corrected chi connectivity index (χ3v) is 11.1. The lowest BCUT2D eigenvalue weighted by atomic mass is 9.48. The Morgan fingerprint density at radius 3 is 2.24 bits per heavy atom. The van der Waals surface area contributed by atoms with Crippen molar-refractivity contribution in [1.29, 1.82) is 0 Å². The first kappa shape index (κ1) is 20.9. The van der Waals surface area contributed by atoms with Gasteiger partial charge in [-0.1, -0.05) is 12.1 Å². The van der Waals surface area contributed by atoms with Crippen LogP contribution in [0.4, 0.5) is 0 Å². The van der Waals surface area contributed by atoms with E-state index in [0.717, 1.165) is 17.8 Å². The van der Waals surface area contributed by atoms with Crippen molar-refractivity contribution in [3.8, 4) is 0 Å². The fourth-order valence-electron chi connectivity index (χ4n) is 9.90. The van der Waals surface area contributed by atoms with Gasteiger partial charge in [-0.15, -0.1) is 0 Å². The van der Waals surface area contributed by atoms with E-state index in [1.165, 1.54) is 104 Å². The van der Waals surface area contributed by atoms with Gasteiger partial charge in [0.05, 0.1) is 27.3 Å². The molecule has 184 valence electrons. The molecule has 4 aliphatic rings. The van der Waals surface area contributed by atoms with Crippen molar-refractivity contribution >= 4 is 49.0 Å². The monoisotopic (exact) mass is 483 g/mol. The van der Waals surface area contributed by atoms with Crippen LogP contribution in [-0.4, -0.2) is 4.40 Å². The summed E-state index contributed by atoms with van der Waals surface area (Å²) in [6.45, 7) is 6.90. The number of pyridine rings is 2. The van der Waals surface area contributed by atoms with Gasteiger partial charge >= 0.3 is 0 Å². The molecule has 0 radical (unpaired) electrons. The molecular weight excluding hydrogens is 448 g/mol. The van der Waals surface area contributed by atoms with Crippen LogP contribution in [0.2, 0.25) is 0 Å². The fourth-order valence-corrected chi connectivity index (χ4v) is 9.90. The molecule has 37 heavy (non-hydrogen) atoms. The van der Waals surface area contributed by atoms with Crippen molar-refractivity contribution in [2.24, 2.45) is 24.8 Å². The van der Waals surface area contributed by atoms with Crippen molar-refractivity contribution in [1.82, 2.24) is 4.40 Å². The molecule has 2 heteroatoms. The lowest BCUT2D eigenvalue weighted by molar-refractivity contribution is -0.643. The van der Waals surface area contributed by atoms with Gasteiger partial charge in [0.25, 0.3) is 0 Å². The van der Waals surface area contributed by atoms with Crippen molar-refractivity contribution < 1.29 is 4.57 Å². The number of fused-ring (bicyclic) bond motifs is 5. The lowest BCUT2D eigenvalue weighted by Crippen LogP contribution is -2.48. The zero-order chi connectivity index (χ0) is 24.8. The van der Waals surface area contributed by atoms with Crippen LogP contribution in [0.5, 0.6) is 0 Å². The summed E-state index contributed by atoms with van der Waals surface area (Å²) in [5, 5.41) is 7.11. The number of hydrogen-bond donors (Lipinski definition) is 0. The normalized spacial score (nSPS) is 27.2. The number of benzene rings is 3. The van der Waals surface area contributed by atoms with Gasteiger partial charge in [-0.3, -0.25) is 0 Å². The molecule has 2 nitrogen and oxygen atoms in total. The highest BCUT2D eigenvalue weighted by molar-refractivity contribution is 6.26. The highest BCUT2D eigenvalue weighted by Crippen LogP contribution is 2.61. The van der Waals surface area contributed by atoms with E-state index in [9.17, 15) is 0 Å². The molecule has 4 fully saturated rings. The minimum Gasteiger partial charge on any atom is -0.307 e. The maximum atomic E-state index is 2.65. The van der Waals surface area contributed by atoms with Crippen LogP contribution >= 0.6 is 0 Å². The zero-order valence-corrected chi connectivity index (χ0v) is 22.5. The van der Waals surface area contributed by atoms with E-state index in [1.54, 1.807) is 5.56 Å². The van der Waals surface area contributed by atoms with Gasteiger partial charge in [-0.25, -0.2) is 4.57 Å². The number of aryl methyl sites for hydroxylation is 4. The van der Waals surface area contributed by atoms with Crippen LogP contribution in [0.15, 0.2) is 48.7 Å². The molecule has 6 aromatic rings. The second-order valence-electron chi connectivity index (χ2n) is 13.3. The van der Waals surface area contributed by atoms with Gasteiger partial charge in [0, 0.05) is 16.8 Å². The second-order valence-corrected chi connectivity index (χ2v) is 13.3. The van der Waals surface area contributed by atoms with Gasteiger partial charge in [-0.2, -0.15) is 0 Å². The van der Waals surface area contributed by atoms with Crippen LogP contribution in [0, 0.1) is 38.5 Å². The first-order valence-corrected chi connectivity index (χ1v) is 14.4. The van der Waals surface area contributed by atoms with Gasteiger partial charge < -0.3 is 4.40 Å². The van der Waals surface area contributed by atoms with E-state index in [4.69, 9.17) is 0 Å². The summed E-state index contributed by atoms with van der Waals surface area (Å²) in [6.07, 6.45) is 11.0. The Morgan fingerprint density at radius 2 is 1.51 bits per heavy atom. The molecule has 0 atom stereocenters. The fraction of sp³-hybridized carbons (Fsp3) is 0.400. The van der Waals surface area contributed by atoms with Crippen molar-refractivity contribution in [3.05, 3.63) is 70.9 Å². The number of nitrogens with zero attached hydrogens (tertiary/aromatic N) is 2. The van der Waals surface area contributed by atoms with Crippen LogP contribution in [0.3, 0.4) is 0 Å². The SMILES string of the molecule is Cc1cc2c3c(C)cccc3n3c4cc(C56CC7CC(CC(C7)C5)C6)cc5cc[n+](C)c(c(c1C)c23)c54. The lowest BCUT2D eigenvalue weighted by Gasteiger charge is -2.57. The molecule has 4 bridgehead atoms. The van der Waals surface area contributed by atoms with Crippen molar-refractivity contribution in [3.63, 3.8) is 0 Å². The summed E-state index contributed by atoms with van der Waals surface area (Å²) in [5.41, 5.74) is 11.8. The van der Waals surface area contributed by atoms with E-state index in [1.807, 2.05) is 0 Å². The summed E-state index contributed by atoms with van der Waals surface area (Å²) in [7, 11) is 2.24. The Labute approximate surface area is 218 Å². The molecule has 4 saturated carbocycles. The summed E-state index contributed by atoms with van der Waals surface area (Å²) in [4.78, 5) is 0. The average Bonchev–Trinajstić information content (AvgIpc) is 3.20. The standard InChI is InChI=1S/C35H35N2/c1-19-6-5-7-28-30(19)27-10-20(2)21(3)31-33(27)37(28)29-15-26(14-25-8-9-36(4)34(31)32(25)29)35-16-22-11-23(17-35)13-24(12-22)18-35/h5-10,14-15,22-24H,11-13,16-18H2,1-4H3/q+1. The molecule has 3 heterocycles. The number of hydrogen-bond acceptors (Lipinski definition) is 0. The molecule has 4 aliphatic carbocycles. The van der Waals surface area contributed by atoms with Crippen LogP contribution in [-0.2, 0) is 12.5 Å². The Hall–Kier alpha value is -3.13. The Kier molecular flexibility index (Phi) is 3.75. The molecular formula is C35H35N2+. The van der Waals surface area contributed by atoms with E-state index in [2.05, 4.69) is 85.4 Å². The molecule has 10 rings (SSSR count). The van der Waals surface area contributed by atoms with Crippen LogP contribution < -0.4 is 4.57 Å². The molecule has 0 spiro atoms. The topological polar surface area (TPSA) is 8.29 Å². The first-order valence-electron chi connectivity index (χ1n) is 14.4. The smallest absolute Gasteiger partial charge is 0.224 e. The van der Waals surface area contributed by atoms with Crippen LogP contribution in [0.25, 0.3) is 49.0 Å². The van der Waals surface area contributed by atoms with Crippen LogP contribution in [0.1, 0.15) is 60.8 Å². The van der Waals surface area contributed by atoms with Gasteiger partial charge in [0.15, 0.2) is 6.20 Å². The molecule has 3 aromatic heterocycles. The third kappa shape index (κ3) is 2.46. The average molecular weight is 484 g/mol. The molecule has 3 aromatic carbocycles. The molecule has 0 saturated heterocycles. The summed E-state index contributed by atoms with van der Waals surface area (Å²) >= 11 is 0. The molecule has 0 amide bonds. The van der Waals surface area contributed by atoms with E-state index >= 15 is 0 Å². The molecule has 0 unspecified atom stereocenters. The second kappa shape index (κ2) is 6.65. The molecule has 0 N–H and O–H groups in total. The predicted molar refractivity (Wildman–Crippen MR) is 154 cm³/mol. The quantitative estimate of drug-likeness (QED) is 0.127. The Morgan fingerprint density at radius 1 is 0.784 bits per heavy atom. The number of aromatic nitrogens is 2.